The number of carbonyl (C=O) groups excluding carboxylic acids is 1. The van der Waals surface area contributed by atoms with Crippen LogP contribution >= 0.6 is 31.9 Å². The SMILES string of the molecule is Cc1cc(C#N)ccc1Oc1ccc(CC(=O)Nc2ccc(S(N)(=O)=O)cc2Br)cc1Br. The second kappa shape index (κ2) is 9.83. The average molecular weight is 579 g/mol. The topological polar surface area (TPSA) is 122 Å². The van der Waals surface area contributed by atoms with Gasteiger partial charge in [0.2, 0.25) is 15.9 Å². The molecule has 10 heteroatoms. The van der Waals surface area contributed by atoms with Crippen LogP contribution in [0.3, 0.4) is 0 Å². The number of anilines is 1. The third kappa shape index (κ3) is 5.95. The fraction of sp³-hybridized carbons (Fsp3) is 0.0909. The number of ether oxygens (including phenoxy) is 1. The number of sulfonamides is 1. The number of nitriles is 1. The zero-order valence-corrected chi connectivity index (χ0v) is 20.7. The van der Waals surface area contributed by atoms with E-state index in [0.29, 0.717) is 31.7 Å². The van der Waals surface area contributed by atoms with Gasteiger partial charge in [-0.2, -0.15) is 5.26 Å². The van der Waals surface area contributed by atoms with Crippen LogP contribution in [0.15, 0.2) is 68.4 Å². The van der Waals surface area contributed by atoms with E-state index >= 15 is 0 Å². The van der Waals surface area contributed by atoms with E-state index in [1.807, 2.05) is 6.92 Å². The van der Waals surface area contributed by atoms with Crippen molar-refractivity contribution in [1.82, 2.24) is 0 Å². The summed E-state index contributed by atoms with van der Waals surface area (Å²) < 4.78 is 29.8. The number of hydrogen-bond donors (Lipinski definition) is 2. The molecular weight excluding hydrogens is 562 g/mol. The molecule has 0 aliphatic heterocycles. The molecule has 3 aromatic rings. The van der Waals surface area contributed by atoms with Gasteiger partial charge in [0, 0.05) is 4.47 Å². The highest BCUT2D eigenvalue weighted by Crippen LogP contribution is 2.33. The Balaban J connectivity index is 1.69. The Morgan fingerprint density at radius 2 is 1.78 bits per heavy atom. The van der Waals surface area contributed by atoms with Crippen LogP contribution in [-0.4, -0.2) is 14.3 Å². The number of carbonyl (C=O) groups is 1. The molecule has 3 aromatic carbocycles. The van der Waals surface area contributed by atoms with Gasteiger partial charge in [0.25, 0.3) is 0 Å². The Kier molecular flexibility index (Phi) is 7.36. The maximum Gasteiger partial charge on any atom is 0.238 e. The summed E-state index contributed by atoms with van der Waals surface area (Å²) in [7, 11) is -3.83. The van der Waals surface area contributed by atoms with E-state index in [2.05, 4.69) is 43.2 Å². The standard InChI is InChI=1S/C22H17Br2N3O4S/c1-13-8-15(12-25)3-6-20(13)31-21-7-2-14(9-18(21)24)10-22(28)27-19-5-4-16(11-17(19)23)32(26,29)30/h2-9,11H,10H2,1H3,(H,27,28)(H2,26,29,30). The third-order valence-corrected chi connectivity index (χ3v) is 6.61. The van der Waals surface area contributed by atoms with Gasteiger partial charge in [-0.3, -0.25) is 4.79 Å². The molecular formula is C22H17Br2N3O4S. The highest BCUT2D eigenvalue weighted by molar-refractivity contribution is 9.11. The second-order valence-corrected chi connectivity index (χ2v) is 10.1. The molecule has 3 rings (SSSR count). The van der Waals surface area contributed by atoms with Crippen molar-refractivity contribution in [2.45, 2.75) is 18.2 Å². The summed E-state index contributed by atoms with van der Waals surface area (Å²) in [6, 6.07) is 16.7. The number of benzene rings is 3. The van der Waals surface area contributed by atoms with Gasteiger partial charge in [0.05, 0.1) is 33.1 Å². The molecule has 7 nitrogen and oxygen atoms in total. The van der Waals surface area contributed by atoms with Gasteiger partial charge in [-0.1, -0.05) is 6.07 Å². The first-order valence-electron chi connectivity index (χ1n) is 9.16. The van der Waals surface area contributed by atoms with Crippen LogP contribution in [0.2, 0.25) is 0 Å². The lowest BCUT2D eigenvalue weighted by molar-refractivity contribution is -0.115. The highest BCUT2D eigenvalue weighted by Gasteiger charge is 2.13. The number of hydrogen-bond acceptors (Lipinski definition) is 5. The van der Waals surface area contributed by atoms with E-state index in [9.17, 15) is 13.2 Å². The number of nitrogens with two attached hydrogens (primary N) is 1. The van der Waals surface area contributed by atoms with Crippen LogP contribution < -0.4 is 15.2 Å². The van der Waals surface area contributed by atoms with Crippen molar-refractivity contribution in [2.24, 2.45) is 5.14 Å². The molecule has 0 aliphatic carbocycles. The molecule has 0 fully saturated rings. The summed E-state index contributed by atoms with van der Waals surface area (Å²) in [5.74, 6) is 0.920. The Bertz CT molecular complexity index is 1350. The van der Waals surface area contributed by atoms with Crippen molar-refractivity contribution in [3.63, 3.8) is 0 Å². The number of nitrogens with zero attached hydrogens (tertiary/aromatic N) is 1. The molecule has 0 saturated heterocycles. The first kappa shape index (κ1) is 23.9. The van der Waals surface area contributed by atoms with E-state index in [4.69, 9.17) is 15.1 Å². The molecule has 3 N–H and O–H groups in total. The van der Waals surface area contributed by atoms with Gasteiger partial charge < -0.3 is 10.1 Å². The monoisotopic (exact) mass is 577 g/mol. The molecule has 0 spiro atoms. The van der Waals surface area contributed by atoms with Crippen molar-refractivity contribution < 1.29 is 17.9 Å². The minimum absolute atomic E-state index is 0.0561. The first-order valence-corrected chi connectivity index (χ1v) is 12.3. The summed E-state index contributed by atoms with van der Waals surface area (Å²) in [5.41, 5.74) is 2.56. The van der Waals surface area contributed by atoms with Gasteiger partial charge in [0.1, 0.15) is 11.5 Å². The summed E-state index contributed by atoms with van der Waals surface area (Å²) >= 11 is 6.71. The van der Waals surface area contributed by atoms with Gasteiger partial charge in [-0.25, -0.2) is 13.6 Å². The summed E-state index contributed by atoms with van der Waals surface area (Å²) in [6.45, 7) is 1.86. The van der Waals surface area contributed by atoms with E-state index in [0.717, 1.165) is 11.1 Å². The van der Waals surface area contributed by atoms with E-state index in [1.54, 1.807) is 36.4 Å². The Morgan fingerprint density at radius 1 is 1.06 bits per heavy atom. The van der Waals surface area contributed by atoms with E-state index in [1.165, 1.54) is 18.2 Å². The minimum atomic E-state index is -3.83. The smallest absolute Gasteiger partial charge is 0.238 e. The molecule has 0 heterocycles. The van der Waals surface area contributed by atoms with Gasteiger partial charge in [-0.05, 0) is 98.4 Å². The van der Waals surface area contributed by atoms with Crippen molar-refractivity contribution in [1.29, 1.82) is 5.26 Å². The molecule has 0 aliphatic rings. The van der Waals surface area contributed by atoms with Gasteiger partial charge >= 0.3 is 0 Å². The van der Waals surface area contributed by atoms with Crippen molar-refractivity contribution in [3.05, 3.63) is 80.2 Å². The maximum absolute atomic E-state index is 12.5. The average Bonchev–Trinajstić information content (AvgIpc) is 2.72. The lowest BCUT2D eigenvalue weighted by Gasteiger charge is -2.12. The van der Waals surface area contributed by atoms with Crippen LogP contribution in [0.1, 0.15) is 16.7 Å². The summed E-state index contributed by atoms with van der Waals surface area (Å²) in [5, 5.41) is 16.8. The predicted molar refractivity (Wildman–Crippen MR) is 128 cm³/mol. The fourth-order valence-electron chi connectivity index (χ4n) is 2.84. The van der Waals surface area contributed by atoms with E-state index < -0.39 is 10.0 Å². The predicted octanol–water partition coefficient (Wildman–Crippen LogP) is 5.01. The molecule has 0 saturated carbocycles. The van der Waals surface area contributed by atoms with E-state index in [-0.39, 0.29) is 17.2 Å². The molecule has 32 heavy (non-hydrogen) atoms. The summed E-state index contributed by atoms with van der Waals surface area (Å²) in [6.07, 6.45) is 0.0954. The maximum atomic E-state index is 12.5. The number of halogens is 2. The lowest BCUT2D eigenvalue weighted by atomic mass is 10.1. The number of aryl methyl sites for hydroxylation is 1. The van der Waals surface area contributed by atoms with Crippen LogP contribution in [0.4, 0.5) is 5.69 Å². The molecule has 0 unspecified atom stereocenters. The van der Waals surface area contributed by atoms with Gasteiger partial charge in [0.15, 0.2) is 0 Å². The zero-order chi connectivity index (χ0) is 23.5. The zero-order valence-electron chi connectivity index (χ0n) is 16.7. The highest BCUT2D eigenvalue weighted by atomic mass is 79.9. The Labute approximate surface area is 202 Å². The third-order valence-electron chi connectivity index (χ3n) is 4.43. The number of nitrogens with one attached hydrogen (secondary N) is 1. The molecule has 0 bridgehead atoms. The minimum Gasteiger partial charge on any atom is -0.456 e. The quantitative estimate of drug-likeness (QED) is 0.425. The fourth-order valence-corrected chi connectivity index (χ4v) is 4.52. The molecule has 0 radical (unpaired) electrons. The largest absolute Gasteiger partial charge is 0.456 e. The van der Waals surface area contributed by atoms with Crippen LogP contribution in [-0.2, 0) is 21.2 Å². The second-order valence-electron chi connectivity index (χ2n) is 6.87. The lowest BCUT2D eigenvalue weighted by Crippen LogP contribution is -2.16. The molecule has 1 amide bonds. The first-order chi connectivity index (χ1) is 15.1. The van der Waals surface area contributed by atoms with Crippen molar-refractivity contribution in [3.8, 4) is 17.6 Å². The van der Waals surface area contributed by atoms with Crippen molar-refractivity contribution in [2.75, 3.05) is 5.32 Å². The number of primary sulfonamides is 1. The van der Waals surface area contributed by atoms with Crippen LogP contribution in [0, 0.1) is 18.3 Å². The summed E-state index contributed by atoms with van der Waals surface area (Å²) in [4.78, 5) is 12.4. The normalized spacial score (nSPS) is 11.0. The molecule has 0 aromatic heterocycles. The molecule has 0 atom stereocenters. The molecule has 164 valence electrons. The van der Waals surface area contributed by atoms with Crippen LogP contribution in [0.25, 0.3) is 0 Å². The van der Waals surface area contributed by atoms with Gasteiger partial charge in [-0.15, -0.1) is 0 Å². The number of amides is 1. The Hall–Kier alpha value is -2.71. The Morgan fingerprint density at radius 3 is 2.38 bits per heavy atom. The van der Waals surface area contributed by atoms with Crippen molar-refractivity contribution >= 4 is 53.5 Å². The number of rotatable bonds is 6. The van der Waals surface area contributed by atoms with Crippen LogP contribution in [0.5, 0.6) is 11.5 Å².